The SMILES string of the molecule is CC(CN)c1cccnc1F. The van der Waals surface area contributed by atoms with Gasteiger partial charge in [-0.25, -0.2) is 4.98 Å². The fourth-order valence-corrected chi connectivity index (χ4v) is 0.893. The molecule has 0 spiro atoms. The maximum Gasteiger partial charge on any atom is 0.216 e. The van der Waals surface area contributed by atoms with E-state index in [2.05, 4.69) is 4.98 Å². The van der Waals surface area contributed by atoms with Crippen LogP contribution in [0, 0.1) is 5.95 Å². The Kier molecular flexibility index (Phi) is 2.54. The summed E-state index contributed by atoms with van der Waals surface area (Å²) in [5.74, 6) is -0.367. The Morgan fingerprint density at radius 2 is 2.45 bits per heavy atom. The third-order valence-corrected chi connectivity index (χ3v) is 1.67. The third kappa shape index (κ3) is 1.74. The summed E-state index contributed by atoms with van der Waals surface area (Å²) >= 11 is 0. The second kappa shape index (κ2) is 3.44. The summed E-state index contributed by atoms with van der Waals surface area (Å²) in [6, 6.07) is 3.42. The minimum atomic E-state index is -0.412. The Labute approximate surface area is 65.3 Å². The van der Waals surface area contributed by atoms with Gasteiger partial charge in [-0.3, -0.25) is 0 Å². The van der Waals surface area contributed by atoms with Crippen molar-refractivity contribution >= 4 is 0 Å². The second-order valence-electron chi connectivity index (χ2n) is 2.52. The van der Waals surface area contributed by atoms with Gasteiger partial charge < -0.3 is 5.73 Å². The van der Waals surface area contributed by atoms with Crippen molar-refractivity contribution in [2.45, 2.75) is 12.8 Å². The van der Waals surface area contributed by atoms with Crippen molar-refractivity contribution in [3.8, 4) is 0 Å². The molecule has 0 saturated heterocycles. The zero-order valence-corrected chi connectivity index (χ0v) is 6.42. The summed E-state index contributed by atoms with van der Waals surface area (Å²) in [5.41, 5.74) is 5.97. The molecule has 0 saturated carbocycles. The molecule has 0 bridgehead atoms. The molecule has 0 aliphatic carbocycles. The van der Waals surface area contributed by atoms with Crippen LogP contribution in [0.2, 0.25) is 0 Å². The van der Waals surface area contributed by atoms with Gasteiger partial charge in [0, 0.05) is 11.8 Å². The Hall–Kier alpha value is -0.960. The summed E-state index contributed by atoms with van der Waals surface area (Å²) in [6.45, 7) is 2.32. The maximum atomic E-state index is 12.9. The van der Waals surface area contributed by atoms with Gasteiger partial charge in [0.1, 0.15) is 0 Å². The minimum absolute atomic E-state index is 0.0451. The number of nitrogens with two attached hydrogens (primary N) is 1. The van der Waals surface area contributed by atoms with Gasteiger partial charge in [-0.05, 0) is 18.5 Å². The predicted molar refractivity (Wildman–Crippen MR) is 41.7 cm³/mol. The average molecular weight is 154 g/mol. The topological polar surface area (TPSA) is 38.9 Å². The summed E-state index contributed by atoms with van der Waals surface area (Å²) in [5, 5.41) is 0. The molecule has 0 aliphatic rings. The van der Waals surface area contributed by atoms with Crippen molar-refractivity contribution in [1.29, 1.82) is 0 Å². The molecule has 0 aliphatic heterocycles. The highest BCUT2D eigenvalue weighted by Gasteiger charge is 2.08. The Balaban J connectivity index is 2.93. The van der Waals surface area contributed by atoms with Crippen LogP contribution in [0.1, 0.15) is 18.4 Å². The van der Waals surface area contributed by atoms with E-state index in [0.717, 1.165) is 0 Å². The molecule has 2 N–H and O–H groups in total. The number of pyridine rings is 1. The summed E-state index contributed by atoms with van der Waals surface area (Å²) in [4.78, 5) is 3.53. The van der Waals surface area contributed by atoms with E-state index in [0.29, 0.717) is 12.1 Å². The smallest absolute Gasteiger partial charge is 0.216 e. The highest BCUT2D eigenvalue weighted by Crippen LogP contribution is 2.14. The molecule has 11 heavy (non-hydrogen) atoms. The zero-order chi connectivity index (χ0) is 8.27. The standard InChI is InChI=1S/C8H11FN2/c1-6(5-10)7-3-2-4-11-8(7)9/h2-4,6H,5,10H2,1H3. The van der Waals surface area contributed by atoms with Crippen LogP contribution in [0.3, 0.4) is 0 Å². The molecule has 1 atom stereocenters. The summed E-state index contributed by atoms with van der Waals surface area (Å²) in [7, 11) is 0. The average Bonchev–Trinajstić information content (AvgIpc) is 2.04. The lowest BCUT2D eigenvalue weighted by atomic mass is 10.0. The van der Waals surface area contributed by atoms with Crippen LogP contribution in [-0.2, 0) is 0 Å². The van der Waals surface area contributed by atoms with Crippen LogP contribution in [0.15, 0.2) is 18.3 Å². The van der Waals surface area contributed by atoms with Crippen LogP contribution in [0.25, 0.3) is 0 Å². The van der Waals surface area contributed by atoms with Crippen molar-refractivity contribution in [2.24, 2.45) is 5.73 Å². The fraction of sp³-hybridized carbons (Fsp3) is 0.375. The lowest BCUT2D eigenvalue weighted by Crippen LogP contribution is -2.10. The van der Waals surface area contributed by atoms with Crippen molar-refractivity contribution in [3.05, 3.63) is 29.8 Å². The molecule has 1 unspecified atom stereocenters. The first-order valence-electron chi connectivity index (χ1n) is 3.56. The van der Waals surface area contributed by atoms with Crippen molar-refractivity contribution in [3.63, 3.8) is 0 Å². The molecule has 1 aromatic heterocycles. The van der Waals surface area contributed by atoms with E-state index in [-0.39, 0.29) is 5.92 Å². The number of rotatable bonds is 2. The maximum absolute atomic E-state index is 12.9. The molecule has 1 aromatic rings. The predicted octanol–water partition coefficient (Wildman–Crippen LogP) is 1.28. The number of halogens is 1. The number of aromatic nitrogens is 1. The van der Waals surface area contributed by atoms with Gasteiger partial charge in [0.15, 0.2) is 0 Å². The van der Waals surface area contributed by atoms with Crippen LogP contribution in [0.4, 0.5) is 4.39 Å². The lowest BCUT2D eigenvalue weighted by Gasteiger charge is -2.07. The second-order valence-corrected chi connectivity index (χ2v) is 2.52. The molecule has 0 radical (unpaired) electrons. The van der Waals surface area contributed by atoms with Crippen molar-refractivity contribution in [1.82, 2.24) is 4.98 Å². The first-order valence-corrected chi connectivity index (χ1v) is 3.56. The number of nitrogens with zero attached hydrogens (tertiary/aromatic N) is 1. The molecule has 0 fully saturated rings. The van der Waals surface area contributed by atoms with Gasteiger partial charge in [-0.2, -0.15) is 4.39 Å². The number of hydrogen-bond donors (Lipinski definition) is 1. The molecule has 2 nitrogen and oxygen atoms in total. The molecule has 1 heterocycles. The van der Waals surface area contributed by atoms with Crippen LogP contribution >= 0.6 is 0 Å². The van der Waals surface area contributed by atoms with Crippen molar-refractivity contribution in [2.75, 3.05) is 6.54 Å². The monoisotopic (exact) mass is 154 g/mol. The molecular weight excluding hydrogens is 143 g/mol. The van der Waals surface area contributed by atoms with E-state index >= 15 is 0 Å². The zero-order valence-electron chi connectivity index (χ0n) is 6.42. The highest BCUT2D eigenvalue weighted by atomic mass is 19.1. The first kappa shape index (κ1) is 8.14. The normalized spacial score (nSPS) is 13.0. The van der Waals surface area contributed by atoms with Crippen LogP contribution < -0.4 is 5.73 Å². The van der Waals surface area contributed by atoms with E-state index in [9.17, 15) is 4.39 Å². The molecule has 60 valence electrons. The van der Waals surface area contributed by atoms with Crippen LogP contribution in [-0.4, -0.2) is 11.5 Å². The van der Waals surface area contributed by atoms with E-state index in [1.165, 1.54) is 6.20 Å². The first-order chi connectivity index (χ1) is 5.25. The Morgan fingerprint density at radius 3 is 3.00 bits per heavy atom. The quantitative estimate of drug-likeness (QED) is 0.652. The summed E-state index contributed by atoms with van der Waals surface area (Å²) < 4.78 is 12.9. The van der Waals surface area contributed by atoms with Gasteiger partial charge in [-0.15, -0.1) is 0 Å². The minimum Gasteiger partial charge on any atom is -0.330 e. The van der Waals surface area contributed by atoms with Crippen molar-refractivity contribution < 1.29 is 4.39 Å². The Bertz CT molecular complexity index is 237. The van der Waals surface area contributed by atoms with Gasteiger partial charge in [-0.1, -0.05) is 13.0 Å². The largest absolute Gasteiger partial charge is 0.330 e. The van der Waals surface area contributed by atoms with Gasteiger partial charge in [0.05, 0.1) is 0 Å². The van der Waals surface area contributed by atoms with Gasteiger partial charge in [0.25, 0.3) is 0 Å². The lowest BCUT2D eigenvalue weighted by molar-refractivity contribution is 0.551. The fourth-order valence-electron chi connectivity index (χ4n) is 0.893. The highest BCUT2D eigenvalue weighted by molar-refractivity contribution is 5.15. The van der Waals surface area contributed by atoms with E-state index in [4.69, 9.17) is 5.73 Å². The third-order valence-electron chi connectivity index (χ3n) is 1.67. The summed E-state index contributed by atoms with van der Waals surface area (Å²) in [6.07, 6.45) is 1.43. The van der Waals surface area contributed by atoms with Gasteiger partial charge >= 0.3 is 0 Å². The van der Waals surface area contributed by atoms with E-state index in [1.807, 2.05) is 6.92 Å². The number of hydrogen-bond acceptors (Lipinski definition) is 2. The van der Waals surface area contributed by atoms with Crippen LogP contribution in [0.5, 0.6) is 0 Å². The molecule has 3 heteroatoms. The van der Waals surface area contributed by atoms with E-state index < -0.39 is 5.95 Å². The Morgan fingerprint density at radius 1 is 1.73 bits per heavy atom. The molecule has 0 amide bonds. The molecular formula is C8H11FN2. The van der Waals surface area contributed by atoms with E-state index in [1.54, 1.807) is 12.1 Å². The molecule has 0 aromatic carbocycles. The molecule has 1 rings (SSSR count). The van der Waals surface area contributed by atoms with Gasteiger partial charge in [0.2, 0.25) is 5.95 Å².